The molecule has 0 rings (SSSR count). The van der Waals surface area contributed by atoms with Gasteiger partial charge in [0.05, 0.1) is 18.8 Å². The van der Waals surface area contributed by atoms with Crippen LogP contribution in [-0.2, 0) is 4.79 Å². The van der Waals surface area contributed by atoms with Crippen molar-refractivity contribution < 1.29 is 15.0 Å². The number of nitrogens with one attached hydrogen (secondary N) is 1. The molecule has 0 saturated heterocycles. The van der Waals surface area contributed by atoms with E-state index in [0.29, 0.717) is 6.42 Å². The van der Waals surface area contributed by atoms with Crippen LogP contribution < -0.4 is 5.32 Å². The zero-order valence-electron chi connectivity index (χ0n) is 33.2. The van der Waals surface area contributed by atoms with E-state index in [2.05, 4.69) is 31.3 Å². The fourth-order valence-corrected chi connectivity index (χ4v) is 6.78. The molecule has 0 fully saturated rings. The van der Waals surface area contributed by atoms with E-state index >= 15 is 0 Å². The van der Waals surface area contributed by atoms with Crippen molar-refractivity contribution in [2.45, 2.75) is 251 Å². The molecule has 0 aliphatic heterocycles. The summed E-state index contributed by atoms with van der Waals surface area (Å²) in [6, 6.07) is -0.633. The van der Waals surface area contributed by atoms with Crippen molar-refractivity contribution in [1.82, 2.24) is 5.32 Å². The number of allylic oxidation sites excluding steroid dienone is 3. The van der Waals surface area contributed by atoms with Crippen LogP contribution in [0, 0.1) is 0 Å². The Labute approximate surface area is 307 Å². The summed E-state index contributed by atoms with van der Waals surface area (Å²) in [4.78, 5) is 12.3. The van der Waals surface area contributed by atoms with E-state index in [1.165, 1.54) is 186 Å². The fraction of sp³-hybridized carbons (Fsp3) is 0.889. The van der Waals surface area contributed by atoms with E-state index in [1.807, 2.05) is 6.08 Å². The zero-order chi connectivity index (χ0) is 35.7. The molecular weight excluding hydrogens is 602 g/mol. The Bertz CT molecular complexity index is 705. The number of aliphatic hydroxyl groups is 2. The molecule has 0 saturated carbocycles. The Hall–Kier alpha value is -1.13. The minimum absolute atomic E-state index is 0.0728. The smallest absolute Gasteiger partial charge is 0.220 e. The highest BCUT2D eigenvalue weighted by molar-refractivity contribution is 5.76. The van der Waals surface area contributed by atoms with Gasteiger partial charge in [0.1, 0.15) is 0 Å². The molecule has 4 nitrogen and oxygen atoms in total. The van der Waals surface area contributed by atoms with Crippen LogP contribution in [0.2, 0.25) is 0 Å². The maximum absolute atomic E-state index is 12.3. The molecule has 0 aromatic rings. The summed E-state index contributed by atoms with van der Waals surface area (Å²) in [6.07, 6.45) is 53.0. The normalized spacial score (nSPS) is 13.1. The molecule has 2 unspecified atom stereocenters. The molecule has 290 valence electrons. The topological polar surface area (TPSA) is 69.6 Å². The van der Waals surface area contributed by atoms with Crippen LogP contribution in [-0.4, -0.2) is 34.9 Å². The van der Waals surface area contributed by atoms with Gasteiger partial charge in [-0.2, -0.15) is 0 Å². The molecule has 0 aliphatic carbocycles. The van der Waals surface area contributed by atoms with Crippen LogP contribution in [0.3, 0.4) is 0 Å². The van der Waals surface area contributed by atoms with Crippen molar-refractivity contribution in [2.75, 3.05) is 6.61 Å². The number of hydrogen-bond donors (Lipinski definition) is 3. The molecule has 3 N–H and O–H groups in total. The van der Waals surface area contributed by atoms with Gasteiger partial charge < -0.3 is 15.5 Å². The maximum atomic E-state index is 12.3. The Morgan fingerprint density at radius 1 is 0.469 bits per heavy atom. The summed E-state index contributed by atoms with van der Waals surface area (Å²) in [5, 5.41) is 22.9. The van der Waals surface area contributed by atoms with Crippen LogP contribution >= 0.6 is 0 Å². The quantitative estimate of drug-likeness (QED) is 0.0443. The lowest BCUT2D eigenvalue weighted by molar-refractivity contribution is -0.123. The zero-order valence-corrected chi connectivity index (χ0v) is 33.2. The first kappa shape index (κ1) is 47.9. The molecule has 1 amide bonds. The lowest BCUT2D eigenvalue weighted by Gasteiger charge is -2.19. The lowest BCUT2D eigenvalue weighted by Crippen LogP contribution is -2.45. The first-order valence-corrected chi connectivity index (χ1v) is 22.1. The Balaban J connectivity index is 3.55. The van der Waals surface area contributed by atoms with Gasteiger partial charge in [-0.05, 0) is 32.1 Å². The van der Waals surface area contributed by atoms with Crippen LogP contribution in [0.1, 0.15) is 239 Å². The van der Waals surface area contributed by atoms with Crippen molar-refractivity contribution in [3.05, 3.63) is 24.3 Å². The van der Waals surface area contributed by atoms with Crippen molar-refractivity contribution in [2.24, 2.45) is 0 Å². The summed E-state index contributed by atoms with van der Waals surface area (Å²) in [5.74, 6) is -0.0728. The summed E-state index contributed by atoms with van der Waals surface area (Å²) >= 11 is 0. The van der Waals surface area contributed by atoms with Gasteiger partial charge in [0, 0.05) is 6.42 Å². The largest absolute Gasteiger partial charge is 0.394 e. The van der Waals surface area contributed by atoms with Crippen molar-refractivity contribution in [3.8, 4) is 0 Å². The number of carbonyl (C=O) groups is 1. The molecule has 0 heterocycles. The van der Waals surface area contributed by atoms with E-state index in [-0.39, 0.29) is 12.5 Å². The minimum Gasteiger partial charge on any atom is -0.394 e. The Kier molecular flexibility index (Phi) is 40.3. The van der Waals surface area contributed by atoms with Gasteiger partial charge in [0.15, 0.2) is 0 Å². The molecule has 0 aromatic heterocycles. The second kappa shape index (κ2) is 41.3. The molecule has 0 aromatic carbocycles. The highest BCUT2D eigenvalue weighted by Gasteiger charge is 2.17. The Morgan fingerprint density at radius 3 is 1.18 bits per heavy atom. The highest BCUT2D eigenvalue weighted by Crippen LogP contribution is 2.16. The first-order chi connectivity index (χ1) is 24.2. The third kappa shape index (κ3) is 37.9. The van der Waals surface area contributed by atoms with Crippen LogP contribution in [0.5, 0.6) is 0 Å². The van der Waals surface area contributed by atoms with Gasteiger partial charge in [-0.1, -0.05) is 224 Å². The molecule has 2 atom stereocenters. The highest BCUT2D eigenvalue weighted by atomic mass is 16.3. The molecule has 0 aliphatic rings. The van der Waals surface area contributed by atoms with Crippen LogP contribution in [0.25, 0.3) is 0 Å². The number of amides is 1. The minimum atomic E-state index is -0.857. The SMILES string of the molecule is CCCCCCCCCCCCCCCCCCCCC/C=C/CC/C=C/C(O)C(CO)NC(=O)CCCCCCCCCCCCCC. The van der Waals surface area contributed by atoms with E-state index in [4.69, 9.17) is 0 Å². The number of hydrogen-bond acceptors (Lipinski definition) is 3. The van der Waals surface area contributed by atoms with E-state index < -0.39 is 12.1 Å². The predicted octanol–water partition coefficient (Wildman–Crippen LogP) is 13.6. The van der Waals surface area contributed by atoms with Crippen molar-refractivity contribution in [3.63, 3.8) is 0 Å². The van der Waals surface area contributed by atoms with E-state index in [0.717, 1.165) is 32.1 Å². The molecule has 0 radical (unpaired) electrons. The Morgan fingerprint density at radius 2 is 0.796 bits per heavy atom. The standard InChI is InChI=1S/C45H87NO3/c1-3-5-7-9-11-13-15-17-18-19-20-21-22-23-24-25-26-27-28-29-30-32-34-36-38-40-44(48)43(42-47)46-45(49)41-39-37-35-33-31-16-14-12-10-8-6-4-2/h30,32,38,40,43-44,47-48H,3-29,31,33-37,39,41-42H2,1-2H3,(H,46,49)/b32-30+,40-38+. The first-order valence-electron chi connectivity index (χ1n) is 22.1. The van der Waals surface area contributed by atoms with E-state index in [9.17, 15) is 15.0 Å². The average molecular weight is 690 g/mol. The number of rotatable bonds is 40. The number of carbonyl (C=O) groups excluding carboxylic acids is 1. The van der Waals surface area contributed by atoms with Gasteiger partial charge in [0.2, 0.25) is 5.91 Å². The number of unbranched alkanes of at least 4 members (excludes halogenated alkanes) is 31. The fourth-order valence-electron chi connectivity index (χ4n) is 6.78. The van der Waals surface area contributed by atoms with Crippen molar-refractivity contribution in [1.29, 1.82) is 0 Å². The summed E-state index contributed by atoms with van der Waals surface area (Å²) < 4.78 is 0. The second-order valence-corrected chi connectivity index (χ2v) is 15.1. The summed E-state index contributed by atoms with van der Waals surface area (Å²) in [5.41, 5.74) is 0. The summed E-state index contributed by atoms with van der Waals surface area (Å²) in [7, 11) is 0. The van der Waals surface area contributed by atoms with Crippen LogP contribution in [0.4, 0.5) is 0 Å². The van der Waals surface area contributed by atoms with Gasteiger partial charge in [-0.15, -0.1) is 0 Å². The molecule has 49 heavy (non-hydrogen) atoms. The molecule has 0 spiro atoms. The monoisotopic (exact) mass is 690 g/mol. The van der Waals surface area contributed by atoms with E-state index in [1.54, 1.807) is 6.08 Å². The second-order valence-electron chi connectivity index (χ2n) is 15.1. The molecule has 0 bridgehead atoms. The molecular formula is C45H87NO3. The van der Waals surface area contributed by atoms with Gasteiger partial charge in [-0.3, -0.25) is 4.79 Å². The van der Waals surface area contributed by atoms with Gasteiger partial charge in [0.25, 0.3) is 0 Å². The lowest BCUT2D eigenvalue weighted by atomic mass is 10.0. The average Bonchev–Trinajstić information content (AvgIpc) is 3.10. The maximum Gasteiger partial charge on any atom is 0.220 e. The van der Waals surface area contributed by atoms with Gasteiger partial charge in [-0.25, -0.2) is 0 Å². The van der Waals surface area contributed by atoms with Gasteiger partial charge >= 0.3 is 0 Å². The predicted molar refractivity (Wildman–Crippen MR) is 216 cm³/mol. The number of aliphatic hydroxyl groups excluding tert-OH is 2. The molecule has 4 heteroatoms. The third-order valence-electron chi connectivity index (χ3n) is 10.2. The van der Waals surface area contributed by atoms with Crippen LogP contribution in [0.15, 0.2) is 24.3 Å². The third-order valence-corrected chi connectivity index (χ3v) is 10.2. The summed E-state index contributed by atoms with van der Waals surface area (Å²) in [6.45, 7) is 4.30. The van der Waals surface area contributed by atoms with Crippen molar-refractivity contribution >= 4 is 5.91 Å².